The summed E-state index contributed by atoms with van der Waals surface area (Å²) in [7, 11) is 1.47. The molecule has 0 saturated carbocycles. The molecule has 1 aliphatic rings. The molecule has 184 valence electrons. The third-order valence-corrected chi connectivity index (χ3v) is 6.26. The number of halogens is 1. The van der Waals surface area contributed by atoms with Crippen LogP contribution in [0.4, 0.5) is 10.5 Å². The van der Waals surface area contributed by atoms with Crippen molar-refractivity contribution < 1.29 is 23.9 Å². The van der Waals surface area contributed by atoms with Gasteiger partial charge in [0.2, 0.25) is 0 Å². The molecule has 0 radical (unpaired) electrons. The quantitative estimate of drug-likeness (QED) is 0.353. The molecule has 1 aliphatic heterocycles. The number of ether oxygens (including phenoxy) is 2. The number of methoxy groups -OCH3 is 1. The van der Waals surface area contributed by atoms with Gasteiger partial charge >= 0.3 is 6.03 Å². The highest BCUT2D eigenvalue weighted by atomic mass is 35.5. The first-order chi connectivity index (χ1) is 17.2. The van der Waals surface area contributed by atoms with Gasteiger partial charge in [-0.25, -0.2) is 9.69 Å². The molecule has 0 spiro atoms. The fourth-order valence-electron chi connectivity index (χ4n) is 3.87. The Morgan fingerprint density at radius 2 is 1.69 bits per heavy atom. The molecule has 4 amide bonds. The SMILES string of the molecule is COc1cc(/C=C2\C(=O)NC(=O)N(c3ccccc3C)C2=O)cc(Cl)c1OCc1ccc(C)c(C)c1. The molecule has 36 heavy (non-hydrogen) atoms. The predicted octanol–water partition coefficient (Wildman–Crippen LogP) is 5.52. The maximum absolute atomic E-state index is 13.2. The summed E-state index contributed by atoms with van der Waals surface area (Å²) < 4.78 is 11.4. The average Bonchev–Trinajstić information content (AvgIpc) is 2.84. The van der Waals surface area contributed by atoms with Gasteiger partial charge in [-0.05, 0) is 72.9 Å². The van der Waals surface area contributed by atoms with Gasteiger partial charge in [-0.15, -0.1) is 0 Å². The van der Waals surface area contributed by atoms with Crippen LogP contribution in [0, 0.1) is 20.8 Å². The van der Waals surface area contributed by atoms with Crippen molar-refractivity contribution in [3.63, 3.8) is 0 Å². The summed E-state index contributed by atoms with van der Waals surface area (Å²) >= 11 is 6.51. The van der Waals surface area contributed by atoms with E-state index >= 15 is 0 Å². The van der Waals surface area contributed by atoms with Crippen molar-refractivity contribution in [1.29, 1.82) is 0 Å². The highest BCUT2D eigenvalue weighted by Gasteiger charge is 2.37. The lowest BCUT2D eigenvalue weighted by molar-refractivity contribution is -0.122. The zero-order chi connectivity index (χ0) is 26.0. The van der Waals surface area contributed by atoms with E-state index in [1.165, 1.54) is 18.7 Å². The van der Waals surface area contributed by atoms with E-state index in [2.05, 4.69) is 5.32 Å². The number of carbonyl (C=O) groups is 3. The van der Waals surface area contributed by atoms with Gasteiger partial charge in [-0.1, -0.05) is 48.0 Å². The lowest BCUT2D eigenvalue weighted by atomic mass is 10.1. The number of urea groups is 1. The zero-order valence-electron chi connectivity index (χ0n) is 20.3. The second-order valence-corrected chi connectivity index (χ2v) is 8.89. The van der Waals surface area contributed by atoms with Crippen LogP contribution in [0.15, 0.2) is 60.2 Å². The topological polar surface area (TPSA) is 84.9 Å². The summed E-state index contributed by atoms with van der Waals surface area (Å²) in [6.07, 6.45) is 1.37. The normalized spacial score (nSPS) is 14.8. The monoisotopic (exact) mass is 504 g/mol. The van der Waals surface area contributed by atoms with Crippen LogP contribution in [0.25, 0.3) is 6.08 Å². The van der Waals surface area contributed by atoms with E-state index in [1.54, 1.807) is 43.3 Å². The van der Waals surface area contributed by atoms with Crippen LogP contribution in [-0.2, 0) is 16.2 Å². The van der Waals surface area contributed by atoms with Gasteiger partial charge in [0.25, 0.3) is 11.8 Å². The summed E-state index contributed by atoms with van der Waals surface area (Å²) in [6, 6.07) is 15.4. The largest absolute Gasteiger partial charge is 0.493 e. The van der Waals surface area contributed by atoms with Crippen molar-refractivity contribution in [1.82, 2.24) is 5.32 Å². The Balaban J connectivity index is 1.64. The van der Waals surface area contributed by atoms with E-state index in [0.717, 1.165) is 16.0 Å². The second-order valence-electron chi connectivity index (χ2n) is 8.49. The van der Waals surface area contributed by atoms with Crippen LogP contribution in [0.3, 0.4) is 0 Å². The third kappa shape index (κ3) is 4.97. The Bertz CT molecular complexity index is 1410. The first-order valence-corrected chi connectivity index (χ1v) is 11.6. The summed E-state index contributed by atoms with van der Waals surface area (Å²) in [5.41, 5.74) is 4.66. The van der Waals surface area contributed by atoms with E-state index in [9.17, 15) is 14.4 Å². The van der Waals surface area contributed by atoms with Gasteiger partial charge in [0.15, 0.2) is 11.5 Å². The molecule has 1 N–H and O–H groups in total. The number of carbonyl (C=O) groups excluding carboxylic acids is 3. The van der Waals surface area contributed by atoms with Crippen LogP contribution < -0.4 is 19.7 Å². The van der Waals surface area contributed by atoms with Crippen molar-refractivity contribution in [2.24, 2.45) is 0 Å². The summed E-state index contributed by atoms with van der Waals surface area (Å²) in [4.78, 5) is 39.2. The molecule has 0 atom stereocenters. The van der Waals surface area contributed by atoms with E-state index < -0.39 is 17.8 Å². The fourth-order valence-corrected chi connectivity index (χ4v) is 4.14. The van der Waals surface area contributed by atoms with Crippen molar-refractivity contribution >= 4 is 41.2 Å². The van der Waals surface area contributed by atoms with Crippen LogP contribution >= 0.6 is 11.6 Å². The molecule has 7 nitrogen and oxygen atoms in total. The van der Waals surface area contributed by atoms with E-state index in [0.29, 0.717) is 28.3 Å². The van der Waals surface area contributed by atoms with Crippen LogP contribution in [0.5, 0.6) is 11.5 Å². The number of hydrogen-bond donors (Lipinski definition) is 1. The second kappa shape index (κ2) is 10.3. The van der Waals surface area contributed by atoms with Gasteiger partial charge in [0.1, 0.15) is 12.2 Å². The number of barbiturate groups is 1. The summed E-state index contributed by atoms with van der Waals surface area (Å²) in [5, 5.41) is 2.48. The van der Waals surface area contributed by atoms with E-state index in [-0.39, 0.29) is 17.2 Å². The molecule has 3 aromatic rings. The molecule has 3 aromatic carbocycles. The van der Waals surface area contributed by atoms with Gasteiger partial charge < -0.3 is 9.47 Å². The van der Waals surface area contributed by atoms with Crippen molar-refractivity contribution in [3.8, 4) is 11.5 Å². The minimum absolute atomic E-state index is 0.209. The lowest BCUT2D eigenvalue weighted by Crippen LogP contribution is -2.54. The first-order valence-electron chi connectivity index (χ1n) is 11.2. The van der Waals surface area contributed by atoms with Crippen molar-refractivity contribution in [3.05, 3.63) is 93.0 Å². The van der Waals surface area contributed by atoms with Crippen LogP contribution in [0.2, 0.25) is 5.02 Å². The van der Waals surface area contributed by atoms with Gasteiger partial charge in [0, 0.05) is 0 Å². The molecule has 1 fully saturated rings. The Hall–Kier alpha value is -4.10. The number of nitrogens with one attached hydrogen (secondary N) is 1. The number of rotatable bonds is 6. The number of para-hydroxylation sites is 1. The van der Waals surface area contributed by atoms with Gasteiger partial charge in [-0.3, -0.25) is 14.9 Å². The molecular formula is C28H25ClN2O5. The summed E-state index contributed by atoms with van der Waals surface area (Å²) in [5.74, 6) is -0.840. The Morgan fingerprint density at radius 1 is 0.944 bits per heavy atom. The molecular weight excluding hydrogens is 480 g/mol. The Kier molecular flexibility index (Phi) is 7.12. The number of anilines is 1. The van der Waals surface area contributed by atoms with E-state index in [4.69, 9.17) is 21.1 Å². The molecule has 4 rings (SSSR count). The number of imide groups is 2. The zero-order valence-corrected chi connectivity index (χ0v) is 21.1. The molecule has 0 aromatic heterocycles. The Morgan fingerprint density at radius 3 is 2.39 bits per heavy atom. The molecule has 1 heterocycles. The van der Waals surface area contributed by atoms with E-state index in [1.807, 2.05) is 32.0 Å². The molecule has 1 saturated heterocycles. The standard InChI is InChI=1S/C28H25ClN2O5/c1-16-9-10-19(11-18(16)3)15-36-25-22(29)13-20(14-24(25)35-4)12-21-26(32)30-28(34)31(27(21)33)23-8-6-5-7-17(23)2/h5-14H,15H2,1-4H3,(H,30,32,34)/b21-12+. The lowest BCUT2D eigenvalue weighted by Gasteiger charge is -2.27. The van der Waals surface area contributed by atoms with Crippen molar-refractivity contribution in [2.45, 2.75) is 27.4 Å². The molecule has 0 aliphatic carbocycles. The number of hydrogen-bond acceptors (Lipinski definition) is 5. The average molecular weight is 505 g/mol. The highest BCUT2D eigenvalue weighted by molar-refractivity contribution is 6.39. The van der Waals surface area contributed by atoms with Crippen LogP contribution in [0.1, 0.15) is 27.8 Å². The number of amides is 4. The summed E-state index contributed by atoms with van der Waals surface area (Å²) in [6.45, 7) is 6.13. The maximum Gasteiger partial charge on any atom is 0.335 e. The van der Waals surface area contributed by atoms with Gasteiger partial charge in [-0.2, -0.15) is 0 Å². The predicted molar refractivity (Wildman–Crippen MR) is 138 cm³/mol. The number of aryl methyl sites for hydroxylation is 3. The van der Waals surface area contributed by atoms with Gasteiger partial charge in [0.05, 0.1) is 17.8 Å². The minimum Gasteiger partial charge on any atom is -0.493 e. The maximum atomic E-state index is 13.2. The molecule has 8 heteroatoms. The minimum atomic E-state index is -0.804. The Labute approximate surface area is 214 Å². The molecule has 0 bridgehead atoms. The smallest absolute Gasteiger partial charge is 0.335 e. The number of benzene rings is 3. The number of nitrogens with zero attached hydrogens (tertiary/aromatic N) is 1. The molecule has 0 unspecified atom stereocenters. The van der Waals surface area contributed by atoms with Crippen molar-refractivity contribution in [2.75, 3.05) is 12.0 Å². The van der Waals surface area contributed by atoms with Crippen LogP contribution in [-0.4, -0.2) is 25.0 Å². The highest BCUT2D eigenvalue weighted by Crippen LogP contribution is 2.38. The third-order valence-electron chi connectivity index (χ3n) is 5.98. The first kappa shape index (κ1) is 25.0. The fraction of sp³-hybridized carbons (Fsp3) is 0.179.